The van der Waals surface area contributed by atoms with E-state index in [1.165, 1.54) is 161 Å². The third-order valence-electron chi connectivity index (χ3n) is 7.35. The monoisotopic (exact) mass is 465 g/mol. The van der Waals surface area contributed by atoms with Crippen molar-refractivity contribution >= 4 is 0 Å². The Morgan fingerprint density at radius 2 is 0.788 bits per heavy atom. The normalized spacial score (nSPS) is 12.2. The molecule has 0 aliphatic rings. The maximum absolute atomic E-state index is 2.73. The Labute approximate surface area is 212 Å². The maximum atomic E-state index is 2.73. The highest BCUT2D eigenvalue weighted by Crippen LogP contribution is 2.18. The first-order valence-electron chi connectivity index (χ1n) is 15.6. The second kappa shape index (κ2) is 25.1. The number of hydrogen-bond donors (Lipinski definition) is 0. The van der Waals surface area contributed by atoms with Crippen LogP contribution in [0.1, 0.15) is 182 Å². The third-order valence-corrected chi connectivity index (χ3v) is 7.35. The molecule has 0 fully saturated rings. The van der Waals surface area contributed by atoms with Crippen LogP contribution in [0.2, 0.25) is 0 Å². The summed E-state index contributed by atoms with van der Waals surface area (Å²) in [5, 5.41) is 0. The van der Waals surface area contributed by atoms with Gasteiger partial charge in [-0.15, -0.1) is 0 Å². The highest BCUT2D eigenvalue weighted by Gasteiger charge is 2.19. The quantitative estimate of drug-likeness (QED) is 0.115. The molecule has 0 saturated heterocycles. The van der Waals surface area contributed by atoms with E-state index in [0.29, 0.717) is 5.54 Å². The number of nitrogens with zero attached hydrogens (tertiary/aromatic N) is 1. The van der Waals surface area contributed by atoms with E-state index in [0.717, 1.165) is 0 Å². The average Bonchev–Trinajstić information content (AvgIpc) is 2.78. The van der Waals surface area contributed by atoms with Crippen LogP contribution in [0.5, 0.6) is 0 Å². The first kappa shape index (κ1) is 33.0. The van der Waals surface area contributed by atoms with Gasteiger partial charge in [0.05, 0.1) is 0 Å². The van der Waals surface area contributed by atoms with Crippen LogP contribution in [-0.2, 0) is 0 Å². The van der Waals surface area contributed by atoms with Crippen molar-refractivity contribution in [1.29, 1.82) is 0 Å². The molecule has 0 aliphatic carbocycles. The Bertz CT molecular complexity index is 328. The lowest BCUT2D eigenvalue weighted by atomic mass is 10.0. The second-order valence-corrected chi connectivity index (χ2v) is 11.7. The zero-order valence-corrected chi connectivity index (χ0v) is 24.2. The van der Waals surface area contributed by atoms with E-state index in [4.69, 9.17) is 0 Å². The molecule has 0 aliphatic heterocycles. The van der Waals surface area contributed by atoms with Crippen molar-refractivity contribution in [3.05, 3.63) is 6.42 Å². The van der Waals surface area contributed by atoms with Crippen molar-refractivity contribution < 1.29 is 0 Å². The first-order valence-corrected chi connectivity index (χ1v) is 15.6. The molecule has 0 unspecified atom stereocenters. The molecule has 199 valence electrons. The largest absolute Gasteiger partial charge is 0.298 e. The topological polar surface area (TPSA) is 3.24 Å². The number of hydrogen-bond acceptors (Lipinski definition) is 1. The number of rotatable bonds is 26. The Balaban J connectivity index is 3.56. The Hall–Kier alpha value is -0.0400. The van der Waals surface area contributed by atoms with E-state index in [9.17, 15) is 0 Å². The molecular formula is C32H66N. The molecule has 1 nitrogen and oxygen atoms in total. The zero-order valence-electron chi connectivity index (χ0n) is 24.2. The molecule has 0 aromatic rings. The van der Waals surface area contributed by atoms with Gasteiger partial charge in [-0.1, -0.05) is 149 Å². The van der Waals surface area contributed by atoms with Crippen molar-refractivity contribution in [2.75, 3.05) is 13.1 Å². The summed E-state index contributed by atoms with van der Waals surface area (Å²) in [5.41, 5.74) is 0.309. The minimum absolute atomic E-state index is 0.309. The van der Waals surface area contributed by atoms with E-state index in [-0.39, 0.29) is 0 Å². The van der Waals surface area contributed by atoms with E-state index < -0.39 is 0 Å². The van der Waals surface area contributed by atoms with Crippen molar-refractivity contribution in [2.24, 2.45) is 0 Å². The molecule has 0 bridgehead atoms. The van der Waals surface area contributed by atoms with Crippen LogP contribution in [-0.4, -0.2) is 23.5 Å². The summed E-state index contributed by atoms with van der Waals surface area (Å²) in [6.45, 7) is 14.3. The number of unbranched alkanes of at least 4 members (excludes halogenated alkanes) is 22. The predicted octanol–water partition coefficient (Wildman–Crippen LogP) is 11.3. The lowest BCUT2D eigenvalue weighted by Crippen LogP contribution is -2.42. The second-order valence-electron chi connectivity index (χ2n) is 11.7. The van der Waals surface area contributed by atoms with Crippen LogP contribution >= 0.6 is 0 Å². The molecule has 0 spiro atoms. The van der Waals surface area contributed by atoms with Gasteiger partial charge in [-0.05, 0) is 53.1 Å². The maximum Gasteiger partial charge on any atom is 0.0125 e. The summed E-state index contributed by atoms with van der Waals surface area (Å²) in [5.74, 6) is 0. The summed E-state index contributed by atoms with van der Waals surface area (Å²) in [7, 11) is 0. The molecule has 0 atom stereocenters. The van der Waals surface area contributed by atoms with Crippen LogP contribution in [0, 0.1) is 6.42 Å². The molecule has 0 rings (SSSR count). The van der Waals surface area contributed by atoms with E-state index in [2.05, 4.69) is 45.9 Å². The van der Waals surface area contributed by atoms with Gasteiger partial charge in [-0.2, -0.15) is 0 Å². The standard InChI is InChI=1S/C32H66N/c1-6-8-10-12-14-16-18-20-22-24-26-28-30-33(32(3,4)5)31-29-27-25-23-21-19-17-15-13-11-9-7-2/h26H,6-25,27-31H2,1-5H3. The van der Waals surface area contributed by atoms with Crippen molar-refractivity contribution in [3.63, 3.8) is 0 Å². The summed E-state index contributed by atoms with van der Waals surface area (Å²) in [6, 6.07) is 0. The molecular weight excluding hydrogens is 398 g/mol. The summed E-state index contributed by atoms with van der Waals surface area (Å²) in [4.78, 5) is 2.73. The smallest absolute Gasteiger partial charge is 0.0125 e. The molecule has 33 heavy (non-hydrogen) atoms. The van der Waals surface area contributed by atoms with Crippen LogP contribution < -0.4 is 0 Å². The predicted molar refractivity (Wildman–Crippen MR) is 153 cm³/mol. The lowest BCUT2D eigenvalue weighted by molar-refractivity contribution is 0.134. The Morgan fingerprint density at radius 1 is 0.424 bits per heavy atom. The fourth-order valence-corrected chi connectivity index (χ4v) is 4.92. The highest BCUT2D eigenvalue weighted by atomic mass is 15.2. The molecule has 1 heteroatoms. The van der Waals surface area contributed by atoms with Gasteiger partial charge >= 0.3 is 0 Å². The van der Waals surface area contributed by atoms with E-state index >= 15 is 0 Å². The van der Waals surface area contributed by atoms with E-state index in [1.54, 1.807) is 0 Å². The zero-order chi connectivity index (χ0) is 24.5. The van der Waals surface area contributed by atoms with Crippen LogP contribution in [0.3, 0.4) is 0 Å². The van der Waals surface area contributed by atoms with Gasteiger partial charge in [0.15, 0.2) is 0 Å². The fourth-order valence-electron chi connectivity index (χ4n) is 4.92. The van der Waals surface area contributed by atoms with Crippen molar-refractivity contribution in [3.8, 4) is 0 Å². The van der Waals surface area contributed by atoms with Crippen molar-refractivity contribution in [2.45, 2.75) is 188 Å². The Morgan fingerprint density at radius 3 is 1.18 bits per heavy atom. The van der Waals surface area contributed by atoms with Crippen LogP contribution in [0.4, 0.5) is 0 Å². The van der Waals surface area contributed by atoms with E-state index in [1.807, 2.05) is 0 Å². The minimum Gasteiger partial charge on any atom is -0.298 e. The van der Waals surface area contributed by atoms with Gasteiger partial charge < -0.3 is 0 Å². The fraction of sp³-hybridized carbons (Fsp3) is 0.969. The van der Waals surface area contributed by atoms with Crippen molar-refractivity contribution in [1.82, 2.24) is 4.90 Å². The van der Waals surface area contributed by atoms with Gasteiger partial charge in [-0.3, -0.25) is 4.90 Å². The molecule has 0 saturated carbocycles. The Kier molecular flexibility index (Phi) is 25.0. The SMILES string of the molecule is CCCCCCCCCCC[CH]CCN(CCCCCCCCCCCCCC)C(C)(C)C. The average molecular weight is 465 g/mol. The minimum atomic E-state index is 0.309. The first-order chi connectivity index (χ1) is 16.0. The summed E-state index contributed by atoms with van der Waals surface area (Å²) < 4.78 is 0. The van der Waals surface area contributed by atoms with Gasteiger partial charge in [0, 0.05) is 5.54 Å². The lowest BCUT2D eigenvalue weighted by Gasteiger charge is -2.36. The van der Waals surface area contributed by atoms with Gasteiger partial charge in [0.25, 0.3) is 0 Å². The van der Waals surface area contributed by atoms with Gasteiger partial charge in [0.1, 0.15) is 0 Å². The molecule has 0 aromatic heterocycles. The van der Waals surface area contributed by atoms with Gasteiger partial charge in [0.2, 0.25) is 0 Å². The molecule has 0 amide bonds. The van der Waals surface area contributed by atoms with Crippen LogP contribution in [0.25, 0.3) is 0 Å². The van der Waals surface area contributed by atoms with Gasteiger partial charge in [-0.25, -0.2) is 0 Å². The summed E-state index contributed by atoms with van der Waals surface area (Å²) >= 11 is 0. The molecule has 1 radical (unpaired) electrons. The molecule has 0 aromatic carbocycles. The molecule has 0 N–H and O–H groups in total. The van der Waals surface area contributed by atoms with Crippen LogP contribution in [0.15, 0.2) is 0 Å². The molecule has 0 heterocycles. The third kappa shape index (κ3) is 24.9. The summed E-state index contributed by atoms with van der Waals surface area (Å²) in [6.07, 6.45) is 35.4. The highest BCUT2D eigenvalue weighted by molar-refractivity contribution is 4.78.